The second-order valence-corrected chi connectivity index (χ2v) is 9.07. The van der Waals surface area contributed by atoms with Gasteiger partial charge in [0.2, 0.25) is 0 Å². The molecular weight excluding hydrogens is 569 g/mol. The van der Waals surface area contributed by atoms with Crippen molar-refractivity contribution >= 4 is 51.9 Å². The van der Waals surface area contributed by atoms with Crippen LogP contribution in [-0.4, -0.2) is 25.0 Å². The molecule has 0 atom stereocenters. The van der Waals surface area contributed by atoms with Crippen LogP contribution in [-0.2, 0) is 9.59 Å². The molecular formula is C28H26IN3O4. The van der Waals surface area contributed by atoms with E-state index >= 15 is 0 Å². The van der Waals surface area contributed by atoms with Crippen molar-refractivity contribution in [3.8, 4) is 17.6 Å². The number of nitriles is 1. The first-order valence-electron chi connectivity index (χ1n) is 11.2. The lowest BCUT2D eigenvalue weighted by Gasteiger charge is -2.15. The van der Waals surface area contributed by atoms with E-state index in [1.807, 2.05) is 69.3 Å². The highest BCUT2D eigenvalue weighted by Crippen LogP contribution is 2.35. The third-order valence-corrected chi connectivity index (χ3v) is 5.89. The number of ether oxygens (including phenoxy) is 2. The number of carbonyl (C=O) groups is 2. The topological polar surface area (TPSA) is 100 Å². The largest absolute Gasteiger partial charge is 0.490 e. The first-order chi connectivity index (χ1) is 17.3. The summed E-state index contributed by atoms with van der Waals surface area (Å²) in [6.07, 6.45) is 1.49. The number of halogens is 1. The van der Waals surface area contributed by atoms with Gasteiger partial charge in [0.25, 0.3) is 11.8 Å². The number of carbonyl (C=O) groups excluding carboxylic acids is 2. The summed E-state index contributed by atoms with van der Waals surface area (Å²) in [6.45, 7) is 5.85. The Bertz CT molecular complexity index is 1330. The highest BCUT2D eigenvalue weighted by atomic mass is 127. The molecule has 0 unspecified atom stereocenters. The Labute approximate surface area is 224 Å². The summed E-state index contributed by atoms with van der Waals surface area (Å²) in [7, 11) is 0. The van der Waals surface area contributed by atoms with E-state index in [0.717, 1.165) is 11.1 Å². The quantitative estimate of drug-likeness (QED) is 0.183. The maximum atomic E-state index is 12.7. The van der Waals surface area contributed by atoms with Crippen molar-refractivity contribution in [3.63, 3.8) is 0 Å². The summed E-state index contributed by atoms with van der Waals surface area (Å²) in [4.78, 5) is 25.1. The van der Waals surface area contributed by atoms with Crippen molar-refractivity contribution in [2.45, 2.75) is 20.8 Å². The number of para-hydroxylation sites is 1. The Morgan fingerprint density at radius 1 is 1.03 bits per heavy atom. The first-order valence-corrected chi connectivity index (χ1v) is 12.3. The number of hydrogen-bond donors (Lipinski definition) is 2. The number of anilines is 2. The maximum Gasteiger partial charge on any atom is 0.266 e. The van der Waals surface area contributed by atoms with Gasteiger partial charge in [-0.3, -0.25) is 9.59 Å². The lowest BCUT2D eigenvalue weighted by molar-refractivity contribution is -0.118. The molecule has 0 heterocycles. The van der Waals surface area contributed by atoms with E-state index in [2.05, 4.69) is 33.2 Å². The monoisotopic (exact) mass is 595 g/mol. The highest BCUT2D eigenvalue weighted by molar-refractivity contribution is 14.1. The minimum absolute atomic E-state index is 0.0531. The van der Waals surface area contributed by atoms with Crippen molar-refractivity contribution in [2.75, 3.05) is 23.8 Å². The van der Waals surface area contributed by atoms with Gasteiger partial charge >= 0.3 is 0 Å². The molecule has 0 saturated heterocycles. The lowest BCUT2D eigenvalue weighted by atomic mass is 10.1. The Balaban J connectivity index is 1.77. The first kappa shape index (κ1) is 26.8. The molecule has 0 aliphatic heterocycles. The molecule has 3 aromatic rings. The summed E-state index contributed by atoms with van der Waals surface area (Å²) in [5.41, 5.74) is 3.85. The number of benzene rings is 3. The third kappa shape index (κ3) is 7.33. The molecule has 0 aliphatic carbocycles. The summed E-state index contributed by atoms with van der Waals surface area (Å²) in [6, 6.07) is 20.2. The van der Waals surface area contributed by atoms with Crippen LogP contribution >= 0.6 is 22.6 Å². The molecule has 2 N–H and O–H groups in total. The molecule has 0 aliphatic rings. The fourth-order valence-corrected chi connectivity index (χ4v) is 4.05. The summed E-state index contributed by atoms with van der Waals surface area (Å²) in [5, 5.41) is 15.2. The van der Waals surface area contributed by atoms with Crippen molar-refractivity contribution in [2.24, 2.45) is 0 Å². The molecule has 0 fully saturated rings. The summed E-state index contributed by atoms with van der Waals surface area (Å²) in [5.74, 6) is 0.0144. The number of nitrogens with one attached hydrogen (secondary N) is 2. The van der Waals surface area contributed by atoms with E-state index in [0.29, 0.717) is 38.6 Å². The van der Waals surface area contributed by atoms with Crippen molar-refractivity contribution in [1.82, 2.24) is 0 Å². The van der Waals surface area contributed by atoms with Crippen LogP contribution in [0.1, 0.15) is 23.6 Å². The SMILES string of the molecule is CCOc1cc(/C=C(\C#N)C(=O)Nc2ccccc2C)cc(I)c1OCC(=O)Nc1ccc(C)cc1. The van der Waals surface area contributed by atoms with Gasteiger partial charge in [0.1, 0.15) is 11.6 Å². The van der Waals surface area contributed by atoms with Crippen LogP contribution in [0.2, 0.25) is 0 Å². The fraction of sp³-hybridized carbons (Fsp3) is 0.179. The number of rotatable bonds is 9. The van der Waals surface area contributed by atoms with Gasteiger partial charge in [-0.05, 0) is 90.9 Å². The van der Waals surface area contributed by atoms with E-state index in [1.165, 1.54) is 6.08 Å². The molecule has 7 nitrogen and oxygen atoms in total. The van der Waals surface area contributed by atoms with Crippen LogP contribution in [0.25, 0.3) is 6.08 Å². The van der Waals surface area contributed by atoms with Gasteiger partial charge in [-0.2, -0.15) is 5.26 Å². The second-order valence-electron chi connectivity index (χ2n) is 7.90. The third-order valence-electron chi connectivity index (χ3n) is 5.08. The Kier molecular flexibility index (Phi) is 9.47. The van der Waals surface area contributed by atoms with Crippen LogP contribution in [0.4, 0.5) is 11.4 Å². The zero-order valence-electron chi connectivity index (χ0n) is 20.2. The van der Waals surface area contributed by atoms with Crippen LogP contribution in [0.15, 0.2) is 66.2 Å². The van der Waals surface area contributed by atoms with E-state index in [1.54, 1.807) is 18.2 Å². The van der Waals surface area contributed by atoms with E-state index in [9.17, 15) is 14.9 Å². The lowest BCUT2D eigenvalue weighted by Crippen LogP contribution is -2.20. The average Bonchev–Trinajstić information content (AvgIpc) is 2.85. The van der Waals surface area contributed by atoms with E-state index in [-0.39, 0.29) is 18.1 Å². The molecule has 3 aromatic carbocycles. The smallest absolute Gasteiger partial charge is 0.266 e. The Morgan fingerprint density at radius 3 is 2.42 bits per heavy atom. The molecule has 2 amide bonds. The van der Waals surface area contributed by atoms with Gasteiger partial charge in [0, 0.05) is 11.4 Å². The van der Waals surface area contributed by atoms with Gasteiger partial charge in [-0.25, -0.2) is 0 Å². The van der Waals surface area contributed by atoms with Gasteiger partial charge in [0.05, 0.1) is 10.2 Å². The number of hydrogen-bond acceptors (Lipinski definition) is 5. The summed E-state index contributed by atoms with van der Waals surface area (Å²) < 4.78 is 12.2. The Hall–Kier alpha value is -3.84. The van der Waals surface area contributed by atoms with Crippen LogP contribution in [0.3, 0.4) is 0 Å². The molecule has 8 heteroatoms. The van der Waals surface area contributed by atoms with Crippen LogP contribution in [0.5, 0.6) is 11.5 Å². The molecule has 0 bridgehead atoms. The van der Waals surface area contributed by atoms with E-state index < -0.39 is 5.91 Å². The van der Waals surface area contributed by atoms with Gasteiger partial charge in [0.15, 0.2) is 18.1 Å². The Morgan fingerprint density at radius 2 is 1.75 bits per heavy atom. The van der Waals surface area contributed by atoms with Crippen molar-refractivity contribution < 1.29 is 19.1 Å². The predicted octanol–water partition coefficient (Wildman–Crippen LogP) is 5.87. The molecule has 36 heavy (non-hydrogen) atoms. The second kappa shape index (κ2) is 12.7. The minimum atomic E-state index is -0.507. The molecule has 0 radical (unpaired) electrons. The minimum Gasteiger partial charge on any atom is -0.490 e. The standard InChI is InChI=1S/C28H26IN3O4/c1-4-35-25-15-20(13-21(16-30)28(34)32-24-8-6-5-7-19(24)3)14-23(29)27(25)36-17-26(33)31-22-11-9-18(2)10-12-22/h5-15H,4,17H2,1-3H3,(H,31,33)(H,32,34)/b21-13+. The van der Waals surface area contributed by atoms with Crippen molar-refractivity contribution in [1.29, 1.82) is 5.26 Å². The average molecular weight is 595 g/mol. The molecule has 184 valence electrons. The van der Waals surface area contributed by atoms with Gasteiger partial charge in [-0.15, -0.1) is 0 Å². The predicted molar refractivity (Wildman–Crippen MR) is 149 cm³/mol. The van der Waals surface area contributed by atoms with Crippen LogP contribution in [0, 0.1) is 28.7 Å². The normalized spacial score (nSPS) is 10.8. The molecule has 0 spiro atoms. The highest BCUT2D eigenvalue weighted by Gasteiger charge is 2.16. The van der Waals surface area contributed by atoms with Crippen molar-refractivity contribution in [3.05, 3.63) is 86.5 Å². The number of nitrogens with zero attached hydrogens (tertiary/aromatic N) is 1. The van der Waals surface area contributed by atoms with Gasteiger partial charge < -0.3 is 20.1 Å². The summed E-state index contributed by atoms with van der Waals surface area (Å²) >= 11 is 2.08. The maximum absolute atomic E-state index is 12.7. The van der Waals surface area contributed by atoms with E-state index in [4.69, 9.17) is 9.47 Å². The zero-order valence-corrected chi connectivity index (χ0v) is 22.4. The number of amides is 2. The molecule has 0 saturated carbocycles. The van der Waals surface area contributed by atoms with Gasteiger partial charge in [-0.1, -0.05) is 35.9 Å². The zero-order chi connectivity index (χ0) is 26.1. The molecule has 3 rings (SSSR count). The molecule has 0 aromatic heterocycles. The number of aryl methyl sites for hydroxylation is 2. The fourth-order valence-electron chi connectivity index (χ4n) is 3.26. The van der Waals surface area contributed by atoms with Crippen LogP contribution < -0.4 is 20.1 Å².